The molecule has 21 heavy (non-hydrogen) atoms. The summed E-state index contributed by atoms with van der Waals surface area (Å²) in [6, 6.07) is 7.55. The smallest absolute Gasteiger partial charge is 0.138 e. The Labute approximate surface area is 123 Å². The molecule has 6 heteroatoms. The van der Waals surface area contributed by atoms with Crippen molar-refractivity contribution in [3.63, 3.8) is 0 Å². The van der Waals surface area contributed by atoms with E-state index in [4.69, 9.17) is 5.73 Å². The van der Waals surface area contributed by atoms with E-state index in [1.165, 1.54) is 0 Å². The second-order valence-corrected chi connectivity index (χ2v) is 4.99. The maximum atomic E-state index is 6.26. The van der Waals surface area contributed by atoms with Crippen LogP contribution in [0.4, 0.5) is 0 Å². The number of aromatic nitrogens is 5. The molecule has 0 saturated heterocycles. The van der Waals surface area contributed by atoms with Crippen molar-refractivity contribution in [1.82, 2.24) is 24.7 Å². The van der Waals surface area contributed by atoms with Crippen molar-refractivity contribution in [1.29, 1.82) is 0 Å². The number of para-hydroxylation sites is 2. The summed E-state index contributed by atoms with van der Waals surface area (Å²) < 4.78 is 1.90. The summed E-state index contributed by atoms with van der Waals surface area (Å²) in [5.41, 5.74) is 8.78. The highest BCUT2D eigenvalue weighted by atomic mass is 15.3. The van der Waals surface area contributed by atoms with Crippen molar-refractivity contribution >= 4 is 11.0 Å². The molecular formula is C15H18N6. The van der Waals surface area contributed by atoms with Gasteiger partial charge < -0.3 is 5.73 Å². The van der Waals surface area contributed by atoms with Crippen molar-refractivity contribution < 1.29 is 0 Å². The average Bonchev–Trinajstić information content (AvgIpc) is 2.94. The van der Waals surface area contributed by atoms with Gasteiger partial charge in [-0.15, -0.1) is 0 Å². The number of hydrogen-bond acceptors (Lipinski definition) is 5. The van der Waals surface area contributed by atoms with E-state index in [-0.39, 0.29) is 6.04 Å². The van der Waals surface area contributed by atoms with Crippen LogP contribution in [0.1, 0.15) is 30.9 Å². The van der Waals surface area contributed by atoms with Gasteiger partial charge in [0.1, 0.15) is 12.2 Å². The average molecular weight is 282 g/mol. The molecule has 3 rings (SSSR count). The van der Waals surface area contributed by atoms with Gasteiger partial charge >= 0.3 is 0 Å². The number of nitrogens with two attached hydrogens (primary N) is 1. The summed E-state index contributed by atoms with van der Waals surface area (Å²) in [5, 5.41) is 4.22. The van der Waals surface area contributed by atoms with Crippen LogP contribution in [0.2, 0.25) is 0 Å². The summed E-state index contributed by atoms with van der Waals surface area (Å²) in [4.78, 5) is 13.3. The zero-order valence-corrected chi connectivity index (χ0v) is 12.0. The van der Waals surface area contributed by atoms with Crippen LogP contribution in [0.5, 0.6) is 0 Å². The Kier molecular flexibility index (Phi) is 3.87. The highest BCUT2D eigenvalue weighted by Gasteiger charge is 2.14. The van der Waals surface area contributed by atoms with Crippen molar-refractivity contribution in [2.24, 2.45) is 5.73 Å². The minimum atomic E-state index is -0.234. The molecule has 1 atom stereocenters. The summed E-state index contributed by atoms with van der Waals surface area (Å²) >= 11 is 0. The molecule has 1 aromatic carbocycles. The Hall–Kier alpha value is -2.34. The lowest BCUT2D eigenvalue weighted by molar-refractivity contribution is 0.545. The molecule has 0 amide bonds. The van der Waals surface area contributed by atoms with Gasteiger partial charge in [0.15, 0.2) is 0 Å². The van der Waals surface area contributed by atoms with Crippen LogP contribution in [0.25, 0.3) is 11.0 Å². The number of fused-ring (bicyclic) bond motifs is 1. The zero-order valence-electron chi connectivity index (χ0n) is 12.0. The second-order valence-electron chi connectivity index (χ2n) is 4.99. The molecule has 108 valence electrons. The molecule has 2 N–H and O–H groups in total. The third-order valence-corrected chi connectivity index (χ3v) is 3.38. The van der Waals surface area contributed by atoms with Gasteiger partial charge in [-0.05, 0) is 18.6 Å². The predicted octanol–water partition coefficient (Wildman–Crippen LogP) is 1.87. The SMILES string of the molecule is CCCn1ncnc1CC(N)c1cnc2ccccc2n1. The van der Waals surface area contributed by atoms with E-state index >= 15 is 0 Å². The zero-order chi connectivity index (χ0) is 14.7. The highest BCUT2D eigenvalue weighted by molar-refractivity contribution is 5.73. The molecule has 0 spiro atoms. The molecule has 6 nitrogen and oxygen atoms in total. The van der Waals surface area contributed by atoms with Crippen LogP contribution >= 0.6 is 0 Å². The monoisotopic (exact) mass is 282 g/mol. The standard InChI is InChI=1S/C15H18N6/c1-2-7-21-15(18-10-19-21)8-11(16)14-9-17-12-5-3-4-6-13(12)20-14/h3-6,9-11H,2,7-8,16H2,1H3. The van der Waals surface area contributed by atoms with E-state index in [9.17, 15) is 0 Å². The molecule has 0 radical (unpaired) electrons. The second kappa shape index (κ2) is 5.97. The number of benzene rings is 1. The van der Waals surface area contributed by atoms with E-state index in [0.29, 0.717) is 6.42 Å². The normalized spacial score (nSPS) is 12.7. The first kappa shape index (κ1) is 13.6. The molecule has 0 bridgehead atoms. The van der Waals surface area contributed by atoms with Gasteiger partial charge in [0.25, 0.3) is 0 Å². The van der Waals surface area contributed by atoms with Gasteiger partial charge in [-0.25, -0.2) is 9.97 Å². The Bertz CT molecular complexity index is 736. The van der Waals surface area contributed by atoms with E-state index in [1.54, 1.807) is 12.5 Å². The fourth-order valence-electron chi connectivity index (χ4n) is 2.30. The first-order valence-electron chi connectivity index (χ1n) is 7.12. The number of rotatable bonds is 5. The molecular weight excluding hydrogens is 264 g/mol. The Morgan fingerprint density at radius 3 is 2.81 bits per heavy atom. The number of nitrogens with zero attached hydrogens (tertiary/aromatic N) is 5. The summed E-state index contributed by atoms with van der Waals surface area (Å²) in [6.45, 7) is 2.96. The van der Waals surface area contributed by atoms with Crippen molar-refractivity contribution in [2.45, 2.75) is 32.4 Å². The molecule has 1 unspecified atom stereocenters. The molecule has 2 aromatic heterocycles. The van der Waals surface area contributed by atoms with Gasteiger partial charge in [-0.3, -0.25) is 9.67 Å². The first-order chi connectivity index (χ1) is 10.3. The topological polar surface area (TPSA) is 82.5 Å². The predicted molar refractivity (Wildman–Crippen MR) is 80.5 cm³/mol. The minimum Gasteiger partial charge on any atom is -0.322 e. The summed E-state index contributed by atoms with van der Waals surface area (Å²) in [7, 11) is 0. The summed E-state index contributed by atoms with van der Waals surface area (Å²) in [5.74, 6) is 0.888. The van der Waals surface area contributed by atoms with Gasteiger partial charge in [-0.2, -0.15) is 5.10 Å². The Morgan fingerprint density at radius 2 is 2.00 bits per heavy atom. The number of aryl methyl sites for hydroxylation is 1. The van der Waals surface area contributed by atoms with Crippen molar-refractivity contribution in [3.05, 3.63) is 48.3 Å². The molecule has 0 saturated carbocycles. The van der Waals surface area contributed by atoms with Gasteiger partial charge in [0.2, 0.25) is 0 Å². The first-order valence-corrected chi connectivity index (χ1v) is 7.12. The molecule has 0 aliphatic carbocycles. The minimum absolute atomic E-state index is 0.234. The van der Waals surface area contributed by atoms with E-state index in [2.05, 4.69) is 27.0 Å². The maximum absolute atomic E-state index is 6.26. The quantitative estimate of drug-likeness (QED) is 0.772. The van der Waals surface area contributed by atoms with Crippen LogP contribution in [0.3, 0.4) is 0 Å². The Balaban J connectivity index is 1.83. The van der Waals surface area contributed by atoms with E-state index < -0.39 is 0 Å². The molecule has 0 fully saturated rings. The lowest BCUT2D eigenvalue weighted by Crippen LogP contribution is -2.18. The highest BCUT2D eigenvalue weighted by Crippen LogP contribution is 2.15. The van der Waals surface area contributed by atoms with Gasteiger partial charge in [0, 0.05) is 13.0 Å². The Morgan fingerprint density at radius 1 is 1.19 bits per heavy atom. The van der Waals surface area contributed by atoms with Crippen LogP contribution in [0, 0.1) is 0 Å². The van der Waals surface area contributed by atoms with E-state index in [0.717, 1.165) is 35.5 Å². The molecule has 0 aliphatic heterocycles. The largest absolute Gasteiger partial charge is 0.322 e. The lowest BCUT2D eigenvalue weighted by atomic mass is 10.1. The van der Waals surface area contributed by atoms with Gasteiger partial charge in [0.05, 0.1) is 29.0 Å². The van der Waals surface area contributed by atoms with Gasteiger partial charge in [-0.1, -0.05) is 19.1 Å². The van der Waals surface area contributed by atoms with Crippen LogP contribution in [-0.2, 0) is 13.0 Å². The van der Waals surface area contributed by atoms with Crippen molar-refractivity contribution in [2.75, 3.05) is 0 Å². The molecule has 0 aliphatic rings. The molecule has 2 heterocycles. The fourth-order valence-corrected chi connectivity index (χ4v) is 2.30. The molecule has 3 aromatic rings. The lowest BCUT2D eigenvalue weighted by Gasteiger charge is -2.11. The fraction of sp³-hybridized carbons (Fsp3) is 0.333. The number of hydrogen-bond donors (Lipinski definition) is 1. The maximum Gasteiger partial charge on any atom is 0.138 e. The summed E-state index contributed by atoms with van der Waals surface area (Å²) in [6.07, 6.45) is 4.94. The van der Waals surface area contributed by atoms with Crippen LogP contribution in [0.15, 0.2) is 36.8 Å². The third-order valence-electron chi connectivity index (χ3n) is 3.38. The van der Waals surface area contributed by atoms with Crippen LogP contribution < -0.4 is 5.73 Å². The third kappa shape index (κ3) is 2.90. The van der Waals surface area contributed by atoms with Crippen LogP contribution in [-0.4, -0.2) is 24.7 Å². The van der Waals surface area contributed by atoms with Crippen molar-refractivity contribution in [3.8, 4) is 0 Å². The van der Waals surface area contributed by atoms with E-state index in [1.807, 2.05) is 28.9 Å².